The third kappa shape index (κ3) is 2.18. The largest absolute Gasteiger partial charge is 0.465 e. The minimum atomic E-state index is -0.494. The molecule has 1 aliphatic rings. The number of ether oxygens (including phenoxy) is 1. The van der Waals surface area contributed by atoms with Crippen molar-refractivity contribution < 1.29 is 9.53 Å². The molecule has 2 aromatic heterocycles. The van der Waals surface area contributed by atoms with Crippen molar-refractivity contribution in [3.8, 4) is 5.69 Å². The minimum Gasteiger partial charge on any atom is -0.465 e. The Bertz CT molecular complexity index is 634. The van der Waals surface area contributed by atoms with E-state index in [9.17, 15) is 4.79 Å². The summed E-state index contributed by atoms with van der Waals surface area (Å²) in [6.07, 6.45) is 5.43. The van der Waals surface area contributed by atoms with Gasteiger partial charge in [0.15, 0.2) is 5.82 Å². The van der Waals surface area contributed by atoms with Gasteiger partial charge < -0.3 is 15.8 Å². The Morgan fingerprint density at radius 1 is 1.45 bits per heavy atom. The maximum Gasteiger partial charge on any atom is 0.345 e. The Kier molecular flexibility index (Phi) is 3.02. The number of pyridine rings is 1. The first-order valence-corrected chi connectivity index (χ1v) is 6.34. The molecule has 0 bridgehead atoms. The molecule has 0 atom stereocenters. The van der Waals surface area contributed by atoms with E-state index in [2.05, 4.69) is 15.4 Å². The highest BCUT2D eigenvalue weighted by Crippen LogP contribution is 2.30. The molecule has 0 radical (unpaired) electrons. The second-order valence-corrected chi connectivity index (χ2v) is 4.64. The van der Waals surface area contributed by atoms with Gasteiger partial charge in [-0.05, 0) is 25.0 Å². The standard InChI is InChI=1S/C13H15N5O2/c1-20-13(19)10-11(14)18(9-4-6-15-7-5-9)17-12(10)16-8-2-3-8/h4-8H,2-3,14H2,1H3,(H,16,17). The quantitative estimate of drug-likeness (QED) is 0.813. The summed E-state index contributed by atoms with van der Waals surface area (Å²) in [6.45, 7) is 0. The van der Waals surface area contributed by atoms with Gasteiger partial charge in [-0.15, -0.1) is 5.10 Å². The molecule has 0 amide bonds. The van der Waals surface area contributed by atoms with E-state index in [1.165, 1.54) is 11.8 Å². The van der Waals surface area contributed by atoms with Gasteiger partial charge >= 0.3 is 5.97 Å². The molecule has 0 aliphatic heterocycles. The van der Waals surface area contributed by atoms with Gasteiger partial charge in [0.05, 0.1) is 12.8 Å². The lowest BCUT2D eigenvalue weighted by Gasteiger charge is -2.03. The molecule has 7 heteroatoms. The van der Waals surface area contributed by atoms with Crippen LogP contribution in [0.5, 0.6) is 0 Å². The normalized spacial score (nSPS) is 14.1. The predicted octanol–water partition coefficient (Wildman–Crippen LogP) is 1.21. The second kappa shape index (κ2) is 4.84. The van der Waals surface area contributed by atoms with Gasteiger partial charge in [-0.25, -0.2) is 9.48 Å². The number of carbonyl (C=O) groups is 1. The number of nitrogens with two attached hydrogens (primary N) is 1. The fraction of sp³-hybridized carbons (Fsp3) is 0.308. The monoisotopic (exact) mass is 273 g/mol. The Morgan fingerprint density at radius 3 is 2.75 bits per heavy atom. The van der Waals surface area contributed by atoms with E-state index >= 15 is 0 Å². The van der Waals surface area contributed by atoms with Crippen LogP contribution in [0.15, 0.2) is 24.5 Å². The van der Waals surface area contributed by atoms with Crippen molar-refractivity contribution in [1.82, 2.24) is 14.8 Å². The van der Waals surface area contributed by atoms with Gasteiger partial charge in [0.25, 0.3) is 0 Å². The molecule has 1 saturated carbocycles. The highest BCUT2D eigenvalue weighted by molar-refractivity contribution is 6.00. The van der Waals surface area contributed by atoms with E-state index in [1.807, 2.05) is 0 Å². The first kappa shape index (κ1) is 12.5. The van der Waals surface area contributed by atoms with Crippen molar-refractivity contribution in [3.63, 3.8) is 0 Å². The molecule has 3 N–H and O–H groups in total. The summed E-state index contributed by atoms with van der Waals surface area (Å²) in [7, 11) is 1.33. The fourth-order valence-electron chi connectivity index (χ4n) is 1.94. The summed E-state index contributed by atoms with van der Waals surface area (Å²) in [5, 5.41) is 7.58. The fourth-order valence-corrected chi connectivity index (χ4v) is 1.94. The molecule has 2 aromatic rings. The van der Waals surface area contributed by atoms with Gasteiger partial charge in [0.2, 0.25) is 0 Å². The van der Waals surface area contributed by atoms with Crippen LogP contribution in [0.2, 0.25) is 0 Å². The number of nitrogens with zero attached hydrogens (tertiary/aromatic N) is 3. The molecular weight excluding hydrogens is 258 g/mol. The second-order valence-electron chi connectivity index (χ2n) is 4.64. The van der Waals surface area contributed by atoms with Crippen molar-refractivity contribution in [2.24, 2.45) is 0 Å². The lowest BCUT2D eigenvalue weighted by molar-refractivity contribution is 0.0603. The lowest BCUT2D eigenvalue weighted by Crippen LogP contribution is -2.10. The van der Waals surface area contributed by atoms with Crippen LogP contribution in [-0.2, 0) is 4.74 Å². The van der Waals surface area contributed by atoms with Crippen LogP contribution in [0.3, 0.4) is 0 Å². The van der Waals surface area contributed by atoms with E-state index in [4.69, 9.17) is 10.5 Å². The van der Waals surface area contributed by atoms with Gasteiger partial charge in [-0.1, -0.05) is 0 Å². The zero-order chi connectivity index (χ0) is 14.1. The Hall–Kier alpha value is -2.57. The Morgan fingerprint density at radius 2 is 2.15 bits per heavy atom. The maximum atomic E-state index is 11.9. The molecule has 0 saturated heterocycles. The Balaban J connectivity index is 2.07. The summed E-state index contributed by atoms with van der Waals surface area (Å²) in [5.74, 6) is 0.228. The van der Waals surface area contributed by atoms with Crippen LogP contribution >= 0.6 is 0 Å². The molecule has 7 nitrogen and oxygen atoms in total. The third-order valence-corrected chi connectivity index (χ3v) is 3.14. The summed E-state index contributed by atoms with van der Waals surface area (Å²) >= 11 is 0. The molecule has 20 heavy (non-hydrogen) atoms. The van der Waals surface area contributed by atoms with Crippen LogP contribution in [0, 0.1) is 0 Å². The zero-order valence-electron chi connectivity index (χ0n) is 11.0. The maximum absolute atomic E-state index is 11.9. The molecule has 1 fully saturated rings. The van der Waals surface area contributed by atoms with Crippen molar-refractivity contribution >= 4 is 17.6 Å². The third-order valence-electron chi connectivity index (χ3n) is 3.14. The number of carbonyl (C=O) groups excluding carboxylic acids is 1. The SMILES string of the molecule is COC(=O)c1c(NC2CC2)nn(-c2ccncc2)c1N. The molecular formula is C13H15N5O2. The number of hydrogen-bond donors (Lipinski definition) is 2. The minimum absolute atomic E-state index is 0.256. The number of esters is 1. The van der Waals surface area contributed by atoms with Crippen LogP contribution in [0.4, 0.5) is 11.6 Å². The smallest absolute Gasteiger partial charge is 0.345 e. The number of anilines is 2. The van der Waals surface area contributed by atoms with Crippen LogP contribution in [-0.4, -0.2) is 33.9 Å². The highest BCUT2D eigenvalue weighted by Gasteiger charge is 2.28. The molecule has 104 valence electrons. The van der Waals surface area contributed by atoms with E-state index in [1.54, 1.807) is 24.5 Å². The number of aromatic nitrogens is 3. The first-order chi connectivity index (χ1) is 9.70. The number of hydrogen-bond acceptors (Lipinski definition) is 6. The number of rotatable bonds is 4. The number of nitrogen functional groups attached to an aromatic ring is 1. The summed E-state index contributed by atoms with van der Waals surface area (Å²) in [4.78, 5) is 15.8. The van der Waals surface area contributed by atoms with Crippen LogP contribution in [0.1, 0.15) is 23.2 Å². The average Bonchev–Trinajstić information content (AvgIpc) is 3.22. The summed E-state index contributed by atoms with van der Waals surface area (Å²) in [6, 6.07) is 3.90. The van der Waals surface area contributed by atoms with Gasteiger partial charge in [0, 0.05) is 18.4 Å². The highest BCUT2D eigenvalue weighted by atomic mass is 16.5. The molecule has 0 aromatic carbocycles. The van der Waals surface area contributed by atoms with E-state index in [0.29, 0.717) is 11.9 Å². The van der Waals surface area contributed by atoms with Crippen molar-refractivity contribution in [1.29, 1.82) is 0 Å². The van der Waals surface area contributed by atoms with Crippen molar-refractivity contribution in [3.05, 3.63) is 30.1 Å². The van der Waals surface area contributed by atoms with Gasteiger partial charge in [0.1, 0.15) is 11.4 Å². The average molecular weight is 273 g/mol. The predicted molar refractivity (Wildman–Crippen MR) is 73.8 cm³/mol. The number of nitrogens with one attached hydrogen (secondary N) is 1. The molecule has 3 rings (SSSR count). The molecule has 1 aliphatic carbocycles. The molecule has 0 unspecified atom stereocenters. The van der Waals surface area contributed by atoms with Gasteiger partial charge in [-0.2, -0.15) is 0 Å². The van der Waals surface area contributed by atoms with Crippen molar-refractivity contribution in [2.45, 2.75) is 18.9 Å². The summed E-state index contributed by atoms with van der Waals surface area (Å²) < 4.78 is 6.30. The molecule has 0 spiro atoms. The van der Waals surface area contributed by atoms with Gasteiger partial charge in [-0.3, -0.25) is 4.98 Å². The van der Waals surface area contributed by atoms with Crippen LogP contribution < -0.4 is 11.1 Å². The molecule has 2 heterocycles. The summed E-state index contributed by atoms with van der Waals surface area (Å²) in [5.41, 5.74) is 7.06. The zero-order valence-corrected chi connectivity index (χ0v) is 11.0. The lowest BCUT2D eigenvalue weighted by atomic mass is 10.3. The Labute approximate surface area is 115 Å². The first-order valence-electron chi connectivity index (χ1n) is 6.34. The van der Waals surface area contributed by atoms with E-state index < -0.39 is 5.97 Å². The van der Waals surface area contributed by atoms with E-state index in [-0.39, 0.29) is 11.4 Å². The topological polar surface area (TPSA) is 95.1 Å². The van der Waals surface area contributed by atoms with Crippen LogP contribution in [0.25, 0.3) is 5.69 Å². The van der Waals surface area contributed by atoms with E-state index in [0.717, 1.165) is 18.5 Å². The van der Waals surface area contributed by atoms with Crippen molar-refractivity contribution in [2.75, 3.05) is 18.2 Å². The number of methoxy groups -OCH3 is 1.